The molecule has 0 heterocycles. The molecule has 0 saturated heterocycles. The highest BCUT2D eigenvalue weighted by atomic mass is 16.6. The molecule has 1 unspecified atom stereocenters. The standard InChI is InChI=1S/C11H23O6/c1-11(13)10-17-9-8-16-7-6-15-5-4-14-3-2-12/h11-12H,2-10H2,1H3. The molecule has 6 heteroatoms. The third-order valence-corrected chi connectivity index (χ3v) is 1.70. The minimum Gasteiger partial charge on any atom is -0.394 e. The van der Waals surface area contributed by atoms with Crippen LogP contribution < -0.4 is 0 Å². The molecule has 0 bridgehead atoms. The summed E-state index contributed by atoms with van der Waals surface area (Å²) in [6, 6.07) is 0. The maximum atomic E-state index is 10.6. The van der Waals surface area contributed by atoms with E-state index in [-0.39, 0.29) is 13.2 Å². The van der Waals surface area contributed by atoms with Gasteiger partial charge in [-0.25, -0.2) is 5.11 Å². The smallest absolute Gasteiger partial charge is 0.113 e. The maximum Gasteiger partial charge on any atom is 0.113 e. The first-order chi connectivity index (χ1) is 8.27. The fourth-order valence-electron chi connectivity index (χ4n) is 0.974. The Morgan fingerprint density at radius 1 is 0.824 bits per heavy atom. The van der Waals surface area contributed by atoms with Crippen molar-refractivity contribution in [1.82, 2.24) is 0 Å². The van der Waals surface area contributed by atoms with Crippen LogP contribution in [0.2, 0.25) is 0 Å². The van der Waals surface area contributed by atoms with Crippen LogP contribution in [0.1, 0.15) is 6.92 Å². The predicted octanol–water partition coefficient (Wildman–Crippen LogP) is -0.136. The van der Waals surface area contributed by atoms with Gasteiger partial charge in [-0.05, 0) is 6.92 Å². The van der Waals surface area contributed by atoms with Crippen LogP contribution in [0, 0.1) is 0 Å². The first-order valence-corrected chi connectivity index (χ1v) is 5.85. The van der Waals surface area contributed by atoms with Crippen molar-refractivity contribution in [2.45, 2.75) is 13.0 Å². The lowest BCUT2D eigenvalue weighted by molar-refractivity contribution is -0.0274. The van der Waals surface area contributed by atoms with Gasteiger partial charge in [-0.2, -0.15) is 0 Å². The molecule has 0 rings (SSSR count). The number of hydrogen-bond donors (Lipinski definition) is 1. The highest BCUT2D eigenvalue weighted by Gasteiger charge is 1.96. The van der Waals surface area contributed by atoms with E-state index in [1.807, 2.05) is 0 Å². The number of rotatable bonds is 13. The van der Waals surface area contributed by atoms with Gasteiger partial charge in [0, 0.05) is 0 Å². The lowest BCUT2D eigenvalue weighted by Gasteiger charge is -2.07. The Morgan fingerprint density at radius 3 is 1.65 bits per heavy atom. The Hall–Kier alpha value is -0.240. The van der Waals surface area contributed by atoms with Crippen LogP contribution in [0.15, 0.2) is 0 Å². The number of aliphatic hydroxyl groups excluding tert-OH is 1. The van der Waals surface area contributed by atoms with Crippen LogP contribution in [0.25, 0.3) is 0 Å². The van der Waals surface area contributed by atoms with Crippen molar-refractivity contribution in [2.75, 3.05) is 59.5 Å². The molecule has 0 fully saturated rings. The van der Waals surface area contributed by atoms with Crippen LogP contribution in [-0.2, 0) is 24.1 Å². The highest BCUT2D eigenvalue weighted by Crippen LogP contribution is 1.85. The van der Waals surface area contributed by atoms with Gasteiger partial charge in [0.2, 0.25) is 0 Å². The van der Waals surface area contributed by atoms with E-state index in [9.17, 15) is 5.11 Å². The third kappa shape index (κ3) is 15.8. The molecule has 0 aliphatic rings. The molecule has 0 aliphatic carbocycles. The zero-order chi connectivity index (χ0) is 12.8. The summed E-state index contributed by atoms with van der Waals surface area (Å²) in [6.45, 7) is 5.04. The van der Waals surface area contributed by atoms with Gasteiger partial charge in [0.05, 0.1) is 59.5 Å². The fraction of sp³-hybridized carbons (Fsp3) is 1.00. The first kappa shape index (κ1) is 16.8. The van der Waals surface area contributed by atoms with Crippen LogP contribution in [0.5, 0.6) is 0 Å². The van der Waals surface area contributed by atoms with E-state index in [0.29, 0.717) is 46.2 Å². The zero-order valence-electron chi connectivity index (χ0n) is 10.4. The van der Waals surface area contributed by atoms with Gasteiger partial charge in [-0.3, -0.25) is 0 Å². The molecular formula is C11H23O6. The number of aliphatic hydroxyl groups is 1. The average molecular weight is 251 g/mol. The fourth-order valence-corrected chi connectivity index (χ4v) is 0.974. The summed E-state index contributed by atoms with van der Waals surface area (Å²) < 4.78 is 20.5. The molecule has 1 atom stereocenters. The molecule has 0 spiro atoms. The normalized spacial score (nSPS) is 12.9. The lowest BCUT2D eigenvalue weighted by Crippen LogP contribution is -2.15. The summed E-state index contributed by atoms with van der Waals surface area (Å²) in [7, 11) is 0. The zero-order valence-corrected chi connectivity index (χ0v) is 10.4. The van der Waals surface area contributed by atoms with E-state index in [1.165, 1.54) is 0 Å². The van der Waals surface area contributed by atoms with E-state index in [4.69, 9.17) is 24.1 Å². The van der Waals surface area contributed by atoms with Gasteiger partial charge in [0.25, 0.3) is 0 Å². The van der Waals surface area contributed by atoms with Gasteiger partial charge in [-0.15, -0.1) is 0 Å². The second-order valence-corrected chi connectivity index (χ2v) is 3.45. The van der Waals surface area contributed by atoms with Gasteiger partial charge in [-0.1, -0.05) is 0 Å². The minimum absolute atomic E-state index is 0.0328. The second-order valence-electron chi connectivity index (χ2n) is 3.45. The van der Waals surface area contributed by atoms with E-state index in [1.54, 1.807) is 6.92 Å². The lowest BCUT2D eigenvalue weighted by atomic mass is 10.4. The molecule has 0 amide bonds. The largest absolute Gasteiger partial charge is 0.394 e. The monoisotopic (exact) mass is 251 g/mol. The Morgan fingerprint density at radius 2 is 1.24 bits per heavy atom. The molecule has 0 aromatic heterocycles. The topological polar surface area (TPSA) is 77.1 Å². The Kier molecular flexibility index (Phi) is 13.6. The molecule has 17 heavy (non-hydrogen) atoms. The first-order valence-electron chi connectivity index (χ1n) is 5.85. The quantitative estimate of drug-likeness (QED) is 0.461. The highest BCUT2D eigenvalue weighted by molar-refractivity contribution is 4.40. The van der Waals surface area contributed by atoms with Crippen LogP contribution in [0.3, 0.4) is 0 Å². The van der Waals surface area contributed by atoms with Crippen LogP contribution >= 0.6 is 0 Å². The summed E-state index contributed by atoms with van der Waals surface area (Å²) >= 11 is 0. The van der Waals surface area contributed by atoms with Gasteiger partial charge in [0.15, 0.2) is 0 Å². The average Bonchev–Trinajstić information content (AvgIpc) is 2.30. The van der Waals surface area contributed by atoms with Crippen LogP contribution in [-0.4, -0.2) is 70.7 Å². The van der Waals surface area contributed by atoms with E-state index in [2.05, 4.69) is 0 Å². The molecule has 1 radical (unpaired) electrons. The summed E-state index contributed by atoms with van der Waals surface area (Å²) in [5.74, 6) is 0. The van der Waals surface area contributed by atoms with Crippen LogP contribution in [0.4, 0.5) is 0 Å². The maximum absolute atomic E-state index is 10.6. The Labute approximate surface area is 102 Å². The van der Waals surface area contributed by atoms with Gasteiger partial charge >= 0.3 is 0 Å². The molecule has 0 saturated carbocycles. The summed E-state index contributed by atoms with van der Waals surface area (Å²) in [6.07, 6.45) is -0.683. The van der Waals surface area contributed by atoms with Crippen molar-refractivity contribution < 1.29 is 29.2 Å². The van der Waals surface area contributed by atoms with Crippen molar-refractivity contribution in [3.05, 3.63) is 0 Å². The predicted molar refractivity (Wildman–Crippen MR) is 60.5 cm³/mol. The number of ether oxygens (including phenoxy) is 4. The third-order valence-electron chi connectivity index (χ3n) is 1.70. The van der Waals surface area contributed by atoms with E-state index < -0.39 is 6.10 Å². The summed E-state index contributed by atoms with van der Waals surface area (Å²) in [4.78, 5) is 0. The Balaban J connectivity index is 2.89. The molecule has 6 nitrogen and oxygen atoms in total. The molecule has 1 N–H and O–H groups in total. The van der Waals surface area contributed by atoms with Crippen molar-refractivity contribution >= 4 is 0 Å². The van der Waals surface area contributed by atoms with Gasteiger partial charge in [0.1, 0.15) is 6.10 Å². The SMILES string of the molecule is CC([O])COCCOCCOCCOCCO. The summed E-state index contributed by atoms with van der Waals surface area (Å²) in [5, 5.41) is 19.0. The van der Waals surface area contributed by atoms with E-state index in [0.717, 1.165) is 0 Å². The van der Waals surface area contributed by atoms with Crippen molar-refractivity contribution in [3.8, 4) is 0 Å². The van der Waals surface area contributed by atoms with Crippen molar-refractivity contribution in [2.24, 2.45) is 0 Å². The van der Waals surface area contributed by atoms with Crippen molar-refractivity contribution in [3.63, 3.8) is 0 Å². The minimum atomic E-state index is -0.683. The van der Waals surface area contributed by atoms with Gasteiger partial charge < -0.3 is 24.1 Å². The summed E-state index contributed by atoms with van der Waals surface area (Å²) in [5.41, 5.74) is 0. The molecule has 0 aromatic carbocycles. The molecule has 0 aliphatic heterocycles. The van der Waals surface area contributed by atoms with Crippen molar-refractivity contribution in [1.29, 1.82) is 0 Å². The molecule has 103 valence electrons. The Bertz CT molecular complexity index is 142. The number of hydrogen-bond acceptors (Lipinski definition) is 5. The molecule has 0 aromatic rings. The molecular weight excluding hydrogens is 228 g/mol. The van der Waals surface area contributed by atoms with E-state index >= 15 is 0 Å². The second kappa shape index (κ2) is 13.8.